The van der Waals surface area contributed by atoms with E-state index in [1.54, 1.807) is 0 Å². The zero-order chi connectivity index (χ0) is 39.5. The molecule has 0 saturated heterocycles. The van der Waals surface area contributed by atoms with Gasteiger partial charge in [-0.25, -0.2) is 0 Å². The molecule has 2 heterocycles. The van der Waals surface area contributed by atoms with Crippen LogP contribution in [-0.2, 0) is 0 Å². The first-order chi connectivity index (χ1) is 29.2. The predicted molar refractivity (Wildman–Crippen MR) is 242 cm³/mol. The van der Waals surface area contributed by atoms with Gasteiger partial charge in [0, 0.05) is 49.7 Å². The lowest BCUT2D eigenvalue weighted by atomic mass is 9.95. The van der Waals surface area contributed by atoms with Crippen LogP contribution in [0, 0.1) is 22.7 Å². The van der Waals surface area contributed by atoms with Crippen LogP contribution in [0.1, 0.15) is 11.1 Å². The van der Waals surface area contributed by atoms with Crippen molar-refractivity contribution in [3.63, 3.8) is 0 Å². The first-order valence-corrected chi connectivity index (χ1v) is 19.6. The Bertz CT molecular complexity index is 3510. The number of nitrogens with zero attached hydrogens (tertiary/aromatic N) is 5. The van der Waals surface area contributed by atoms with Crippen LogP contribution in [-0.4, -0.2) is 9.13 Å². The van der Waals surface area contributed by atoms with Gasteiger partial charge in [0.2, 0.25) is 0 Å². The van der Waals surface area contributed by atoms with Crippen molar-refractivity contribution < 1.29 is 0 Å². The molecule has 0 atom stereocenters. The van der Waals surface area contributed by atoms with Crippen molar-refractivity contribution >= 4 is 71.4 Å². The second kappa shape index (κ2) is 13.7. The lowest BCUT2D eigenvalue weighted by molar-refractivity contribution is 1.15. The number of aromatic nitrogens is 2. The fraction of sp³-hybridized carbons (Fsp3) is 0. The normalized spacial score (nSPS) is 11.4. The van der Waals surface area contributed by atoms with E-state index in [1.807, 2.05) is 36.4 Å². The Balaban J connectivity index is 1.31. The SMILES string of the molecule is N#Cc1ccc2c(c1)c1cc(-c3cccc(N(c4ccccc4)c4cccc5ccccc45)c3)c3c4cc(C#N)ccc4n(-c4ccccc4)c3c1n2-c1ccccc1. The number of rotatable bonds is 6. The molecule has 5 heteroatoms. The lowest BCUT2D eigenvalue weighted by Crippen LogP contribution is -2.10. The minimum absolute atomic E-state index is 0.595. The number of hydrogen-bond acceptors (Lipinski definition) is 3. The molecule has 274 valence electrons. The summed E-state index contributed by atoms with van der Waals surface area (Å²) in [6.07, 6.45) is 0. The largest absolute Gasteiger partial charge is 0.310 e. The highest BCUT2D eigenvalue weighted by molar-refractivity contribution is 6.28. The van der Waals surface area contributed by atoms with E-state index < -0.39 is 0 Å². The molecule has 0 saturated carbocycles. The summed E-state index contributed by atoms with van der Waals surface area (Å²) in [5, 5.41) is 26.8. The van der Waals surface area contributed by atoms with Crippen molar-refractivity contribution in [3.8, 4) is 34.6 Å². The fourth-order valence-electron chi connectivity index (χ4n) is 8.98. The molecule has 0 unspecified atom stereocenters. The van der Waals surface area contributed by atoms with Crippen LogP contribution in [0.3, 0.4) is 0 Å². The van der Waals surface area contributed by atoms with Gasteiger partial charge in [-0.05, 0) is 114 Å². The van der Waals surface area contributed by atoms with Crippen LogP contribution in [0.4, 0.5) is 17.1 Å². The van der Waals surface area contributed by atoms with Gasteiger partial charge in [-0.2, -0.15) is 10.5 Å². The van der Waals surface area contributed by atoms with E-state index in [1.165, 1.54) is 5.39 Å². The number of nitriles is 2. The quantitative estimate of drug-likeness (QED) is 0.170. The molecule has 0 aliphatic rings. The van der Waals surface area contributed by atoms with Crippen molar-refractivity contribution in [2.24, 2.45) is 0 Å². The van der Waals surface area contributed by atoms with Crippen molar-refractivity contribution in [1.82, 2.24) is 9.13 Å². The van der Waals surface area contributed by atoms with Gasteiger partial charge in [0.25, 0.3) is 0 Å². The van der Waals surface area contributed by atoms with Crippen LogP contribution in [0.5, 0.6) is 0 Å². The van der Waals surface area contributed by atoms with E-state index in [4.69, 9.17) is 0 Å². The Kier molecular flexibility index (Phi) is 7.86. The summed E-state index contributed by atoms with van der Waals surface area (Å²) in [5.74, 6) is 0. The molecule has 59 heavy (non-hydrogen) atoms. The second-order valence-corrected chi connectivity index (χ2v) is 14.8. The Morgan fingerprint density at radius 3 is 1.66 bits per heavy atom. The molecule has 0 aliphatic heterocycles. The number of fused-ring (bicyclic) bond motifs is 8. The monoisotopic (exact) mass is 751 g/mol. The van der Waals surface area contributed by atoms with Crippen LogP contribution >= 0.6 is 0 Å². The molecule has 0 radical (unpaired) electrons. The van der Waals surface area contributed by atoms with E-state index in [0.29, 0.717) is 11.1 Å². The van der Waals surface area contributed by atoms with Gasteiger partial charge in [-0.3, -0.25) is 0 Å². The Morgan fingerprint density at radius 2 is 0.966 bits per heavy atom. The molecule has 9 aromatic carbocycles. The highest BCUT2D eigenvalue weighted by atomic mass is 15.1. The van der Waals surface area contributed by atoms with E-state index in [2.05, 4.69) is 190 Å². The summed E-state index contributed by atoms with van der Waals surface area (Å²) in [4.78, 5) is 2.34. The second-order valence-electron chi connectivity index (χ2n) is 14.8. The van der Waals surface area contributed by atoms with Crippen molar-refractivity contribution in [3.05, 3.63) is 211 Å². The number of anilines is 3. The predicted octanol–water partition coefficient (Wildman–Crippen LogP) is 13.9. The third-order valence-electron chi connectivity index (χ3n) is 11.5. The van der Waals surface area contributed by atoms with Crippen LogP contribution in [0.2, 0.25) is 0 Å². The average Bonchev–Trinajstić information content (AvgIpc) is 3.82. The summed E-state index contributed by atoms with van der Waals surface area (Å²) >= 11 is 0. The minimum Gasteiger partial charge on any atom is -0.310 e. The third kappa shape index (κ3) is 5.38. The Morgan fingerprint density at radius 1 is 0.407 bits per heavy atom. The van der Waals surface area contributed by atoms with Crippen LogP contribution in [0.25, 0.3) is 76.9 Å². The molecule has 2 aromatic heterocycles. The molecular weight excluding hydrogens is 719 g/mol. The van der Waals surface area contributed by atoms with Crippen molar-refractivity contribution in [1.29, 1.82) is 10.5 Å². The van der Waals surface area contributed by atoms with Crippen molar-refractivity contribution in [2.45, 2.75) is 0 Å². The van der Waals surface area contributed by atoms with E-state index >= 15 is 0 Å². The zero-order valence-electron chi connectivity index (χ0n) is 31.8. The topological polar surface area (TPSA) is 60.7 Å². The number of benzene rings is 9. The molecule has 5 nitrogen and oxygen atoms in total. The minimum atomic E-state index is 0.595. The van der Waals surface area contributed by atoms with E-state index in [9.17, 15) is 10.5 Å². The van der Waals surface area contributed by atoms with Gasteiger partial charge < -0.3 is 14.0 Å². The molecule has 0 bridgehead atoms. The summed E-state index contributed by atoms with van der Waals surface area (Å²) < 4.78 is 4.67. The maximum atomic E-state index is 10.3. The molecule has 0 fully saturated rings. The van der Waals surface area contributed by atoms with Crippen molar-refractivity contribution in [2.75, 3.05) is 4.90 Å². The maximum absolute atomic E-state index is 10.3. The molecule has 11 rings (SSSR count). The van der Waals surface area contributed by atoms with Gasteiger partial charge in [-0.15, -0.1) is 0 Å². The Hall–Kier alpha value is -8.38. The highest BCUT2D eigenvalue weighted by Crippen LogP contribution is 2.48. The molecule has 0 amide bonds. The van der Waals surface area contributed by atoms with Crippen LogP contribution in [0.15, 0.2) is 200 Å². The maximum Gasteiger partial charge on any atom is 0.0991 e. The smallest absolute Gasteiger partial charge is 0.0991 e. The highest BCUT2D eigenvalue weighted by Gasteiger charge is 2.26. The van der Waals surface area contributed by atoms with Gasteiger partial charge >= 0.3 is 0 Å². The number of para-hydroxylation sites is 3. The number of hydrogen-bond donors (Lipinski definition) is 0. The summed E-state index contributed by atoms with van der Waals surface area (Å²) in [7, 11) is 0. The van der Waals surface area contributed by atoms with Gasteiger partial charge in [-0.1, -0.05) is 103 Å². The van der Waals surface area contributed by atoms with Gasteiger partial charge in [0.1, 0.15) is 0 Å². The third-order valence-corrected chi connectivity index (χ3v) is 11.5. The zero-order valence-corrected chi connectivity index (χ0v) is 31.8. The lowest BCUT2D eigenvalue weighted by Gasteiger charge is -2.27. The first-order valence-electron chi connectivity index (χ1n) is 19.6. The molecular formula is C54H33N5. The van der Waals surface area contributed by atoms with E-state index in [0.717, 1.165) is 88.6 Å². The van der Waals surface area contributed by atoms with E-state index in [-0.39, 0.29) is 0 Å². The van der Waals surface area contributed by atoms with Gasteiger partial charge in [0.15, 0.2) is 0 Å². The van der Waals surface area contributed by atoms with Gasteiger partial charge in [0.05, 0.1) is 51.0 Å². The molecule has 0 aliphatic carbocycles. The molecule has 0 spiro atoms. The summed E-state index contributed by atoms with van der Waals surface area (Å²) in [5.41, 5.74) is 12.5. The molecule has 11 aromatic rings. The summed E-state index contributed by atoms with van der Waals surface area (Å²) in [6.45, 7) is 0. The standard InChI is InChI=1S/C54H33N5/c55-34-36-26-28-50-46(30-36)47-33-45(39-16-12-23-43(32-39)57(40-17-4-1-5-18-40)49-25-13-15-38-14-10-11-24-44(38)49)52-48-31-37(35-56)27-29-51(48)59(42-21-8-3-9-22-42)54(52)53(47)58(50)41-19-6-2-7-20-41/h1-33H. The fourth-order valence-corrected chi connectivity index (χ4v) is 8.98. The average molecular weight is 752 g/mol. The molecule has 0 N–H and O–H groups in total. The first kappa shape index (κ1) is 33.9. The summed E-state index contributed by atoms with van der Waals surface area (Å²) in [6, 6.07) is 74.3. The van der Waals surface area contributed by atoms with Crippen LogP contribution < -0.4 is 4.90 Å². The Labute approximate surface area is 340 Å².